The Bertz CT molecular complexity index is 262. The van der Waals surface area contributed by atoms with Crippen molar-refractivity contribution in [1.82, 2.24) is 0 Å². The molecule has 0 aromatic heterocycles. The first-order chi connectivity index (χ1) is 5.67. The van der Waals surface area contributed by atoms with Gasteiger partial charge in [-0.15, -0.1) is 0 Å². The molecule has 0 aliphatic carbocycles. The smallest absolute Gasteiger partial charge is 0.354 e. The van der Waals surface area contributed by atoms with E-state index in [-0.39, 0.29) is 5.71 Å². The maximum Gasteiger partial charge on any atom is 0.354 e. The maximum absolute atomic E-state index is 10.6. The summed E-state index contributed by atoms with van der Waals surface area (Å²) in [5, 5.41) is 8.65. The van der Waals surface area contributed by atoms with Crippen LogP contribution in [0.4, 0.5) is 0 Å². The molecule has 0 spiro atoms. The van der Waals surface area contributed by atoms with Gasteiger partial charge in [0.05, 0.1) is 0 Å². The van der Waals surface area contributed by atoms with E-state index in [1.165, 1.54) is 19.2 Å². The van der Waals surface area contributed by atoms with Gasteiger partial charge in [0.25, 0.3) is 0 Å². The molecule has 64 valence electrons. The zero-order valence-corrected chi connectivity index (χ0v) is 6.95. The first-order valence-electron chi connectivity index (χ1n) is 3.33. The Balaban J connectivity index is 4.95. The molecule has 0 aromatic rings. The lowest BCUT2D eigenvalue weighted by Crippen LogP contribution is -2.14. The normalized spacial score (nSPS) is 12.4. The Hall–Kier alpha value is -1.64. The van der Waals surface area contributed by atoms with Crippen LogP contribution in [0.25, 0.3) is 0 Å². The lowest BCUT2D eigenvalue weighted by atomic mass is 10.1. The number of allylic oxidation sites excluding steroid dienone is 3. The van der Waals surface area contributed by atoms with Crippen LogP contribution in [0.2, 0.25) is 0 Å². The molecule has 0 radical (unpaired) electrons. The second kappa shape index (κ2) is 5.07. The van der Waals surface area contributed by atoms with Crippen molar-refractivity contribution < 1.29 is 9.90 Å². The van der Waals surface area contributed by atoms with Crippen molar-refractivity contribution in [3.8, 4) is 0 Å². The van der Waals surface area contributed by atoms with Gasteiger partial charge in [0, 0.05) is 12.6 Å². The van der Waals surface area contributed by atoms with Crippen molar-refractivity contribution >= 4 is 11.7 Å². The van der Waals surface area contributed by atoms with E-state index in [2.05, 4.69) is 18.2 Å². The van der Waals surface area contributed by atoms with Crippen molar-refractivity contribution in [3.05, 3.63) is 37.0 Å². The maximum atomic E-state index is 10.6. The van der Waals surface area contributed by atoms with Crippen LogP contribution in [-0.4, -0.2) is 23.8 Å². The van der Waals surface area contributed by atoms with E-state index in [0.717, 1.165) is 0 Å². The third-order valence-corrected chi connectivity index (χ3v) is 1.22. The topological polar surface area (TPSA) is 49.7 Å². The van der Waals surface area contributed by atoms with Gasteiger partial charge in [-0.2, -0.15) is 0 Å². The number of aliphatic carboxylic acids is 1. The molecule has 0 saturated carbocycles. The summed E-state index contributed by atoms with van der Waals surface area (Å²) in [7, 11) is 1.42. The predicted octanol–water partition coefficient (Wildman–Crippen LogP) is 1.44. The fourth-order valence-corrected chi connectivity index (χ4v) is 0.719. The van der Waals surface area contributed by atoms with E-state index in [0.29, 0.717) is 5.57 Å². The minimum atomic E-state index is -1.06. The van der Waals surface area contributed by atoms with E-state index in [9.17, 15) is 4.79 Å². The highest BCUT2D eigenvalue weighted by molar-refractivity contribution is 6.43. The third-order valence-electron chi connectivity index (χ3n) is 1.22. The second-order valence-corrected chi connectivity index (χ2v) is 1.94. The van der Waals surface area contributed by atoms with Gasteiger partial charge in [0.15, 0.2) is 0 Å². The second-order valence-electron chi connectivity index (χ2n) is 1.94. The van der Waals surface area contributed by atoms with Crippen molar-refractivity contribution in [2.75, 3.05) is 7.05 Å². The van der Waals surface area contributed by atoms with Crippen LogP contribution in [0, 0.1) is 0 Å². The highest BCUT2D eigenvalue weighted by Gasteiger charge is 2.10. The van der Waals surface area contributed by atoms with E-state index in [1.807, 2.05) is 0 Å². The number of nitrogens with zero attached hydrogens (tertiary/aromatic N) is 1. The van der Waals surface area contributed by atoms with Gasteiger partial charge >= 0.3 is 5.97 Å². The Morgan fingerprint density at radius 1 is 1.50 bits per heavy atom. The Labute approximate surface area is 71.4 Å². The molecule has 0 aliphatic heterocycles. The fourth-order valence-electron chi connectivity index (χ4n) is 0.719. The van der Waals surface area contributed by atoms with E-state index in [4.69, 9.17) is 5.11 Å². The Kier molecular flexibility index (Phi) is 4.38. The fraction of sp³-hybridized carbons (Fsp3) is 0.111. The molecule has 0 saturated heterocycles. The summed E-state index contributed by atoms with van der Waals surface area (Å²) in [6.45, 7) is 6.92. The minimum Gasteiger partial charge on any atom is -0.477 e. The molecule has 12 heavy (non-hydrogen) atoms. The molecule has 1 N–H and O–H groups in total. The van der Waals surface area contributed by atoms with Crippen molar-refractivity contribution in [2.24, 2.45) is 4.99 Å². The minimum absolute atomic E-state index is 0.00935. The number of carboxylic acid groups (broad SMARTS) is 1. The number of hydrogen-bond donors (Lipinski definition) is 1. The SMILES string of the molecule is C=CC=C(C=C)C(=NC)C(=O)O. The summed E-state index contributed by atoms with van der Waals surface area (Å²) in [6, 6.07) is 0. The summed E-state index contributed by atoms with van der Waals surface area (Å²) < 4.78 is 0. The summed E-state index contributed by atoms with van der Waals surface area (Å²) in [5.74, 6) is -1.06. The summed E-state index contributed by atoms with van der Waals surface area (Å²) in [5.41, 5.74) is 0.449. The first kappa shape index (κ1) is 10.4. The zero-order valence-electron chi connectivity index (χ0n) is 6.95. The molecule has 0 bridgehead atoms. The van der Waals surface area contributed by atoms with Gasteiger partial charge in [-0.05, 0) is 0 Å². The molecule has 0 atom stereocenters. The summed E-state index contributed by atoms with van der Waals surface area (Å²) in [6.07, 6.45) is 4.46. The quantitative estimate of drug-likeness (QED) is 0.506. The van der Waals surface area contributed by atoms with Crippen molar-refractivity contribution in [2.45, 2.75) is 0 Å². The zero-order chi connectivity index (χ0) is 9.56. The molecule has 0 unspecified atom stereocenters. The monoisotopic (exact) mass is 165 g/mol. The number of hydrogen-bond acceptors (Lipinski definition) is 2. The lowest BCUT2D eigenvalue weighted by Gasteiger charge is -1.98. The highest BCUT2D eigenvalue weighted by atomic mass is 16.4. The van der Waals surface area contributed by atoms with Crippen LogP contribution < -0.4 is 0 Å². The average Bonchev–Trinajstić information content (AvgIpc) is 2.03. The number of aliphatic imine (C=N–C) groups is 1. The van der Waals surface area contributed by atoms with Gasteiger partial charge in [-0.25, -0.2) is 4.79 Å². The Morgan fingerprint density at radius 3 is 2.33 bits per heavy atom. The number of carboxylic acids is 1. The third kappa shape index (κ3) is 2.54. The van der Waals surface area contributed by atoms with Crippen molar-refractivity contribution in [1.29, 1.82) is 0 Å². The summed E-state index contributed by atoms with van der Waals surface area (Å²) >= 11 is 0. The molecule has 0 heterocycles. The molecular formula is C9H11NO2. The first-order valence-corrected chi connectivity index (χ1v) is 3.33. The molecule has 3 nitrogen and oxygen atoms in total. The lowest BCUT2D eigenvalue weighted by molar-refractivity contribution is -0.129. The average molecular weight is 165 g/mol. The largest absolute Gasteiger partial charge is 0.477 e. The van der Waals surface area contributed by atoms with Gasteiger partial charge in [0.1, 0.15) is 5.71 Å². The molecule has 0 rings (SSSR count). The highest BCUT2D eigenvalue weighted by Crippen LogP contribution is 2.00. The van der Waals surface area contributed by atoms with E-state index >= 15 is 0 Å². The molecule has 0 amide bonds. The molecule has 0 aromatic carbocycles. The van der Waals surface area contributed by atoms with Crippen LogP contribution in [-0.2, 0) is 4.79 Å². The predicted molar refractivity (Wildman–Crippen MR) is 49.5 cm³/mol. The Morgan fingerprint density at radius 2 is 2.08 bits per heavy atom. The van der Waals surface area contributed by atoms with Crippen LogP contribution >= 0.6 is 0 Å². The van der Waals surface area contributed by atoms with Crippen molar-refractivity contribution in [3.63, 3.8) is 0 Å². The number of rotatable bonds is 4. The van der Waals surface area contributed by atoms with Gasteiger partial charge in [0.2, 0.25) is 0 Å². The van der Waals surface area contributed by atoms with Gasteiger partial charge in [-0.3, -0.25) is 4.99 Å². The number of carbonyl (C=O) groups is 1. The van der Waals surface area contributed by atoms with Crippen LogP contribution in [0.15, 0.2) is 42.0 Å². The van der Waals surface area contributed by atoms with Gasteiger partial charge in [-0.1, -0.05) is 31.4 Å². The van der Waals surface area contributed by atoms with E-state index < -0.39 is 5.97 Å². The van der Waals surface area contributed by atoms with Crippen LogP contribution in [0.5, 0.6) is 0 Å². The van der Waals surface area contributed by atoms with Crippen LogP contribution in [0.1, 0.15) is 0 Å². The molecule has 3 heteroatoms. The molecule has 0 aliphatic rings. The van der Waals surface area contributed by atoms with E-state index in [1.54, 1.807) is 6.08 Å². The van der Waals surface area contributed by atoms with Crippen LogP contribution in [0.3, 0.4) is 0 Å². The molecular weight excluding hydrogens is 154 g/mol. The standard InChI is InChI=1S/C9H11NO2/c1-4-6-7(5-2)8(10-3)9(11)12/h4-6H,1-2H2,3H3,(H,11,12). The van der Waals surface area contributed by atoms with Gasteiger partial charge < -0.3 is 5.11 Å². The molecule has 0 fully saturated rings. The summed E-state index contributed by atoms with van der Waals surface area (Å²) in [4.78, 5) is 14.2.